The molecule has 21 heavy (non-hydrogen) atoms. The molecule has 128 valence electrons. The zero-order valence-electron chi connectivity index (χ0n) is 14.9. The van der Waals surface area contributed by atoms with Gasteiger partial charge in [-0.05, 0) is 32.4 Å². The Balaban J connectivity index is 3.56. The van der Waals surface area contributed by atoms with Crippen LogP contribution in [0.1, 0.15) is 97.3 Å². The van der Waals surface area contributed by atoms with Crippen LogP contribution in [0.2, 0.25) is 0 Å². The Bertz CT molecular complexity index is 168. The molecule has 0 radical (unpaired) electrons. The quantitative estimate of drug-likeness (QED) is 0.364. The van der Waals surface area contributed by atoms with E-state index in [0.29, 0.717) is 6.61 Å². The van der Waals surface area contributed by atoms with E-state index in [1.54, 1.807) is 0 Å². The molecular formula is C19H41NO. The van der Waals surface area contributed by atoms with Crippen LogP contribution in [0.5, 0.6) is 0 Å². The van der Waals surface area contributed by atoms with Gasteiger partial charge < -0.3 is 10.0 Å². The van der Waals surface area contributed by atoms with E-state index in [0.717, 1.165) is 13.0 Å². The standard InChI is InChI=1S/C19H41NO/c1-3-5-7-9-11-13-16-20(18-15-19-21)17-14-12-10-8-6-4-2/h21H,3-19H2,1-2H3. The third-order valence-electron chi connectivity index (χ3n) is 4.29. The third kappa shape index (κ3) is 16.1. The predicted octanol–water partition coefficient (Wildman–Crippen LogP) is 5.39. The Morgan fingerprint density at radius 3 is 1.33 bits per heavy atom. The molecule has 0 aromatic carbocycles. The maximum Gasteiger partial charge on any atom is 0.0443 e. The molecule has 0 aromatic rings. The van der Waals surface area contributed by atoms with Crippen molar-refractivity contribution in [2.45, 2.75) is 97.3 Å². The molecule has 0 spiro atoms. The average molecular weight is 300 g/mol. The molecule has 2 nitrogen and oxygen atoms in total. The molecule has 1 N–H and O–H groups in total. The van der Waals surface area contributed by atoms with Gasteiger partial charge >= 0.3 is 0 Å². The van der Waals surface area contributed by atoms with Crippen LogP contribution in [0, 0.1) is 0 Å². The van der Waals surface area contributed by atoms with E-state index in [9.17, 15) is 0 Å². The zero-order valence-corrected chi connectivity index (χ0v) is 14.9. The van der Waals surface area contributed by atoms with Crippen molar-refractivity contribution in [3.63, 3.8) is 0 Å². The lowest BCUT2D eigenvalue weighted by Crippen LogP contribution is -2.27. The summed E-state index contributed by atoms with van der Waals surface area (Å²) < 4.78 is 0. The number of unbranched alkanes of at least 4 members (excludes halogenated alkanes) is 10. The lowest BCUT2D eigenvalue weighted by molar-refractivity contribution is 0.217. The Labute approximate surface area is 134 Å². The molecule has 0 aliphatic rings. The number of aliphatic hydroxyl groups is 1. The van der Waals surface area contributed by atoms with Gasteiger partial charge in [0.2, 0.25) is 0 Å². The molecule has 0 aromatic heterocycles. The first kappa shape index (κ1) is 20.9. The van der Waals surface area contributed by atoms with Crippen molar-refractivity contribution in [3.05, 3.63) is 0 Å². The average Bonchev–Trinajstić information content (AvgIpc) is 2.50. The van der Waals surface area contributed by atoms with Crippen LogP contribution in [0.15, 0.2) is 0 Å². The van der Waals surface area contributed by atoms with Gasteiger partial charge in [-0.25, -0.2) is 0 Å². The van der Waals surface area contributed by atoms with Crippen LogP contribution >= 0.6 is 0 Å². The first-order valence-electron chi connectivity index (χ1n) is 9.68. The largest absolute Gasteiger partial charge is 0.396 e. The van der Waals surface area contributed by atoms with E-state index < -0.39 is 0 Å². The normalized spacial score (nSPS) is 11.4. The molecule has 2 heteroatoms. The highest BCUT2D eigenvalue weighted by Crippen LogP contribution is 2.09. The highest BCUT2D eigenvalue weighted by Gasteiger charge is 2.04. The highest BCUT2D eigenvalue weighted by molar-refractivity contribution is 4.59. The molecule has 0 bridgehead atoms. The molecule has 0 saturated heterocycles. The van der Waals surface area contributed by atoms with Gasteiger partial charge in [-0.1, -0.05) is 78.1 Å². The van der Waals surface area contributed by atoms with Crippen molar-refractivity contribution in [1.29, 1.82) is 0 Å². The number of aliphatic hydroxyl groups excluding tert-OH is 1. The third-order valence-corrected chi connectivity index (χ3v) is 4.29. The lowest BCUT2D eigenvalue weighted by atomic mass is 10.1. The van der Waals surface area contributed by atoms with Crippen LogP contribution < -0.4 is 0 Å². The molecule has 0 aliphatic heterocycles. The van der Waals surface area contributed by atoms with E-state index in [-0.39, 0.29) is 0 Å². The molecule has 0 unspecified atom stereocenters. The van der Waals surface area contributed by atoms with Crippen molar-refractivity contribution in [1.82, 2.24) is 4.90 Å². The summed E-state index contributed by atoms with van der Waals surface area (Å²) in [4.78, 5) is 2.58. The molecule has 0 atom stereocenters. The van der Waals surface area contributed by atoms with Gasteiger partial charge in [-0.2, -0.15) is 0 Å². The van der Waals surface area contributed by atoms with Gasteiger partial charge in [-0.15, -0.1) is 0 Å². The Morgan fingerprint density at radius 1 is 0.524 bits per heavy atom. The number of hydrogen-bond donors (Lipinski definition) is 1. The fraction of sp³-hybridized carbons (Fsp3) is 1.00. The van der Waals surface area contributed by atoms with Crippen molar-refractivity contribution in [2.24, 2.45) is 0 Å². The fourth-order valence-electron chi connectivity index (χ4n) is 2.86. The molecular weight excluding hydrogens is 258 g/mol. The minimum atomic E-state index is 0.337. The maximum absolute atomic E-state index is 9.03. The molecule has 0 heterocycles. The van der Waals surface area contributed by atoms with Crippen LogP contribution in [0.3, 0.4) is 0 Å². The number of nitrogens with zero attached hydrogens (tertiary/aromatic N) is 1. The second-order valence-corrected chi connectivity index (χ2v) is 6.45. The van der Waals surface area contributed by atoms with Crippen molar-refractivity contribution in [3.8, 4) is 0 Å². The summed E-state index contributed by atoms with van der Waals surface area (Å²) in [5.41, 5.74) is 0. The molecule has 0 fully saturated rings. The van der Waals surface area contributed by atoms with Gasteiger partial charge in [0.25, 0.3) is 0 Å². The van der Waals surface area contributed by atoms with Crippen LogP contribution in [-0.4, -0.2) is 36.2 Å². The van der Waals surface area contributed by atoms with Gasteiger partial charge in [0.1, 0.15) is 0 Å². The smallest absolute Gasteiger partial charge is 0.0443 e. The van der Waals surface area contributed by atoms with E-state index in [2.05, 4.69) is 18.7 Å². The predicted molar refractivity (Wildman–Crippen MR) is 94.9 cm³/mol. The molecule has 0 saturated carbocycles. The maximum atomic E-state index is 9.03. The van der Waals surface area contributed by atoms with E-state index >= 15 is 0 Å². The summed E-state index contributed by atoms with van der Waals surface area (Å²) in [6, 6.07) is 0. The minimum absolute atomic E-state index is 0.337. The summed E-state index contributed by atoms with van der Waals surface area (Å²) in [7, 11) is 0. The Kier molecular flexibility index (Phi) is 17.9. The second kappa shape index (κ2) is 18.0. The molecule has 0 rings (SSSR count). The van der Waals surface area contributed by atoms with E-state index in [1.165, 1.54) is 90.1 Å². The zero-order chi connectivity index (χ0) is 15.6. The highest BCUT2D eigenvalue weighted by atomic mass is 16.3. The minimum Gasteiger partial charge on any atom is -0.396 e. The summed E-state index contributed by atoms with van der Waals surface area (Å²) >= 11 is 0. The Hall–Kier alpha value is -0.0800. The van der Waals surface area contributed by atoms with Crippen LogP contribution in [0.25, 0.3) is 0 Å². The van der Waals surface area contributed by atoms with Gasteiger partial charge in [0.15, 0.2) is 0 Å². The van der Waals surface area contributed by atoms with Gasteiger partial charge in [0, 0.05) is 13.2 Å². The van der Waals surface area contributed by atoms with Crippen molar-refractivity contribution >= 4 is 0 Å². The summed E-state index contributed by atoms with van der Waals surface area (Å²) in [5, 5.41) is 9.03. The van der Waals surface area contributed by atoms with Gasteiger partial charge in [0.05, 0.1) is 0 Å². The topological polar surface area (TPSA) is 23.5 Å². The summed E-state index contributed by atoms with van der Waals surface area (Å²) in [5.74, 6) is 0. The number of rotatable bonds is 17. The molecule has 0 amide bonds. The summed E-state index contributed by atoms with van der Waals surface area (Å²) in [6.07, 6.45) is 17.5. The Morgan fingerprint density at radius 2 is 0.905 bits per heavy atom. The second-order valence-electron chi connectivity index (χ2n) is 6.45. The molecule has 0 aliphatic carbocycles. The first-order valence-corrected chi connectivity index (χ1v) is 9.68. The first-order chi connectivity index (χ1) is 10.3. The van der Waals surface area contributed by atoms with E-state index in [4.69, 9.17) is 5.11 Å². The van der Waals surface area contributed by atoms with E-state index in [1.807, 2.05) is 0 Å². The summed E-state index contributed by atoms with van der Waals surface area (Å²) in [6.45, 7) is 8.44. The fourth-order valence-corrected chi connectivity index (χ4v) is 2.86. The lowest BCUT2D eigenvalue weighted by Gasteiger charge is -2.22. The number of hydrogen-bond acceptors (Lipinski definition) is 2. The van der Waals surface area contributed by atoms with Crippen molar-refractivity contribution < 1.29 is 5.11 Å². The van der Waals surface area contributed by atoms with Crippen LogP contribution in [-0.2, 0) is 0 Å². The van der Waals surface area contributed by atoms with Gasteiger partial charge in [-0.3, -0.25) is 0 Å². The van der Waals surface area contributed by atoms with Crippen LogP contribution in [0.4, 0.5) is 0 Å². The monoisotopic (exact) mass is 299 g/mol. The van der Waals surface area contributed by atoms with Crippen molar-refractivity contribution in [2.75, 3.05) is 26.2 Å². The SMILES string of the molecule is CCCCCCCCN(CCCO)CCCCCCCC.